The lowest BCUT2D eigenvalue weighted by atomic mass is 9.95. The summed E-state index contributed by atoms with van der Waals surface area (Å²) in [5.74, 6) is -4.47. The number of β-lactam (4-membered cyclic amide) rings is 1. The van der Waals surface area contributed by atoms with Gasteiger partial charge in [-0.2, -0.15) is 0 Å². The Balaban J connectivity index is 2.37. The molecule has 0 aliphatic carbocycles. The SMILES string of the molecule is CC1(C)S[C@H]2N(C(=O)C2(N)F)[C@H]1C(=O)O. The first-order valence-electron chi connectivity index (χ1n) is 4.41. The molecule has 0 aromatic heterocycles. The summed E-state index contributed by atoms with van der Waals surface area (Å²) in [5, 5.41) is 8.11. The quantitative estimate of drug-likeness (QED) is 0.483. The van der Waals surface area contributed by atoms with E-state index in [1.165, 1.54) is 0 Å². The summed E-state index contributed by atoms with van der Waals surface area (Å²) in [6.45, 7) is 3.33. The highest BCUT2D eigenvalue weighted by molar-refractivity contribution is 8.01. The van der Waals surface area contributed by atoms with Crippen LogP contribution in [0.1, 0.15) is 13.8 Å². The Hall–Kier alpha value is -0.820. The first kappa shape index (κ1) is 10.7. The number of rotatable bonds is 1. The maximum Gasteiger partial charge on any atom is 0.327 e. The predicted octanol–water partition coefficient (Wildman–Crippen LogP) is -0.242. The Labute approximate surface area is 89.8 Å². The lowest BCUT2D eigenvalue weighted by Crippen LogP contribution is -2.75. The zero-order chi connectivity index (χ0) is 11.6. The average Bonchev–Trinajstić information content (AvgIpc) is 2.35. The molecule has 0 aromatic rings. The summed E-state index contributed by atoms with van der Waals surface area (Å²) in [7, 11) is 0. The van der Waals surface area contributed by atoms with Crippen LogP contribution in [0.25, 0.3) is 0 Å². The molecule has 2 aliphatic rings. The molecule has 0 radical (unpaired) electrons. The van der Waals surface area contributed by atoms with Crippen molar-refractivity contribution in [2.45, 2.75) is 35.8 Å². The molecule has 5 nitrogen and oxygen atoms in total. The van der Waals surface area contributed by atoms with Crippen LogP contribution in [0.5, 0.6) is 0 Å². The number of hydrogen-bond donors (Lipinski definition) is 2. The second-order valence-corrected chi connectivity index (χ2v) is 6.03. The van der Waals surface area contributed by atoms with Gasteiger partial charge in [-0.15, -0.1) is 11.8 Å². The van der Waals surface area contributed by atoms with E-state index in [4.69, 9.17) is 10.8 Å². The van der Waals surface area contributed by atoms with Crippen LogP contribution in [0.2, 0.25) is 0 Å². The third-order valence-electron chi connectivity index (χ3n) is 2.76. The Bertz CT molecular complexity index is 358. The van der Waals surface area contributed by atoms with Crippen LogP contribution in [0.4, 0.5) is 4.39 Å². The van der Waals surface area contributed by atoms with Crippen LogP contribution in [-0.4, -0.2) is 43.8 Å². The van der Waals surface area contributed by atoms with Gasteiger partial charge in [-0.05, 0) is 13.8 Å². The number of alkyl halides is 1. The van der Waals surface area contributed by atoms with Gasteiger partial charge in [0, 0.05) is 4.75 Å². The molecule has 2 rings (SSSR count). The maximum atomic E-state index is 13.5. The molecule has 2 aliphatic heterocycles. The molecule has 2 fully saturated rings. The summed E-state index contributed by atoms with van der Waals surface area (Å²) in [6.07, 6.45) is 0. The van der Waals surface area contributed by atoms with Crippen LogP contribution < -0.4 is 5.73 Å². The Morgan fingerprint density at radius 2 is 2.20 bits per heavy atom. The number of amides is 1. The number of carboxylic acids is 1. The van der Waals surface area contributed by atoms with Gasteiger partial charge in [0.15, 0.2) is 0 Å². The Morgan fingerprint density at radius 3 is 2.67 bits per heavy atom. The van der Waals surface area contributed by atoms with Crippen LogP contribution in [-0.2, 0) is 9.59 Å². The summed E-state index contributed by atoms with van der Waals surface area (Å²) in [5.41, 5.74) is 5.16. The van der Waals surface area contributed by atoms with Crippen molar-refractivity contribution in [2.75, 3.05) is 0 Å². The molecule has 0 saturated carbocycles. The van der Waals surface area contributed by atoms with Gasteiger partial charge in [0.2, 0.25) is 0 Å². The van der Waals surface area contributed by atoms with E-state index in [1.807, 2.05) is 0 Å². The fourth-order valence-corrected chi connectivity index (χ4v) is 3.57. The van der Waals surface area contributed by atoms with E-state index in [-0.39, 0.29) is 0 Å². The van der Waals surface area contributed by atoms with Gasteiger partial charge >= 0.3 is 5.97 Å². The molecule has 3 atom stereocenters. The lowest BCUT2D eigenvalue weighted by Gasteiger charge is -2.45. The number of aliphatic carboxylic acids is 1. The normalized spacial score (nSPS) is 42.4. The van der Waals surface area contributed by atoms with E-state index in [2.05, 4.69) is 0 Å². The Kier molecular flexibility index (Phi) is 1.89. The first-order chi connectivity index (χ1) is 6.69. The largest absolute Gasteiger partial charge is 0.480 e. The number of halogens is 1. The van der Waals surface area contributed by atoms with E-state index >= 15 is 0 Å². The van der Waals surface area contributed by atoms with Gasteiger partial charge in [-0.25, -0.2) is 9.18 Å². The second kappa shape index (κ2) is 2.65. The molecule has 84 valence electrons. The molecule has 15 heavy (non-hydrogen) atoms. The van der Waals surface area contributed by atoms with Crippen molar-refractivity contribution >= 4 is 23.6 Å². The molecular formula is C8H11FN2O3S. The highest BCUT2D eigenvalue weighted by Crippen LogP contribution is 2.54. The van der Waals surface area contributed by atoms with Crippen molar-refractivity contribution < 1.29 is 19.1 Å². The number of carbonyl (C=O) groups excluding carboxylic acids is 1. The average molecular weight is 234 g/mol. The third kappa shape index (κ3) is 1.13. The highest BCUT2D eigenvalue weighted by Gasteiger charge is 2.71. The standard InChI is InChI=1S/C8H11FN2O3S/c1-7(2)3(4(12)13)11-5(14)8(9,10)6(11)15-7/h3,6H,10H2,1-2H3,(H,12,13)/t3-,6+,8?/m0/s1. The zero-order valence-corrected chi connectivity index (χ0v) is 9.05. The second-order valence-electron chi connectivity index (χ2n) is 4.29. The molecule has 0 spiro atoms. The summed E-state index contributed by atoms with van der Waals surface area (Å²) < 4.78 is 12.8. The van der Waals surface area contributed by atoms with Gasteiger partial charge in [-0.1, -0.05) is 0 Å². The number of carboxylic acid groups (broad SMARTS) is 1. The predicted molar refractivity (Wildman–Crippen MR) is 51.8 cm³/mol. The van der Waals surface area contributed by atoms with E-state index in [1.54, 1.807) is 13.8 Å². The molecular weight excluding hydrogens is 223 g/mol. The summed E-state index contributed by atoms with van der Waals surface area (Å²) in [4.78, 5) is 23.3. The topological polar surface area (TPSA) is 83.6 Å². The van der Waals surface area contributed by atoms with Crippen molar-refractivity contribution in [1.29, 1.82) is 0 Å². The lowest BCUT2D eigenvalue weighted by molar-refractivity contribution is -0.176. The van der Waals surface area contributed by atoms with Gasteiger partial charge in [0.1, 0.15) is 11.4 Å². The van der Waals surface area contributed by atoms with Crippen molar-refractivity contribution in [3.63, 3.8) is 0 Å². The van der Waals surface area contributed by atoms with Gasteiger partial charge < -0.3 is 10.0 Å². The minimum Gasteiger partial charge on any atom is -0.480 e. The van der Waals surface area contributed by atoms with Crippen LogP contribution >= 0.6 is 11.8 Å². The molecule has 0 bridgehead atoms. The zero-order valence-electron chi connectivity index (χ0n) is 8.23. The number of nitrogens with zero attached hydrogens (tertiary/aromatic N) is 1. The molecule has 2 heterocycles. The van der Waals surface area contributed by atoms with Gasteiger partial charge in [0.25, 0.3) is 11.7 Å². The van der Waals surface area contributed by atoms with Crippen LogP contribution in [0.3, 0.4) is 0 Å². The summed E-state index contributed by atoms with van der Waals surface area (Å²) >= 11 is 1.09. The summed E-state index contributed by atoms with van der Waals surface area (Å²) in [6, 6.07) is -1.01. The Morgan fingerprint density at radius 1 is 1.67 bits per heavy atom. The third-order valence-corrected chi connectivity index (χ3v) is 4.38. The minimum absolute atomic E-state index is 0.723. The fraction of sp³-hybridized carbons (Fsp3) is 0.750. The van der Waals surface area contributed by atoms with E-state index < -0.39 is 33.8 Å². The van der Waals surface area contributed by atoms with E-state index in [0.717, 1.165) is 16.7 Å². The molecule has 0 aromatic carbocycles. The number of carbonyl (C=O) groups is 2. The first-order valence-corrected chi connectivity index (χ1v) is 5.29. The van der Waals surface area contributed by atoms with Crippen molar-refractivity contribution in [1.82, 2.24) is 4.90 Å². The molecule has 3 N–H and O–H groups in total. The fourth-order valence-electron chi connectivity index (χ4n) is 2.04. The minimum atomic E-state index is -2.41. The number of nitrogens with two attached hydrogens (primary N) is 1. The number of thioether (sulfide) groups is 1. The van der Waals surface area contributed by atoms with Crippen molar-refractivity contribution in [3.8, 4) is 0 Å². The van der Waals surface area contributed by atoms with Crippen LogP contribution in [0, 0.1) is 0 Å². The van der Waals surface area contributed by atoms with Gasteiger partial charge in [0.05, 0.1) is 0 Å². The molecule has 1 amide bonds. The molecule has 1 unspecified atom stereocenters. The molecule has 7 heteroatoms. The smallest absolute Gasteiger partial charge is 0.327 e. The van der Waals surface area contributed by atoms with Gasteiger partial charge in [-0.3, -0.25) is 10.5 Å². The van der Waals surface area contributed by atoms with E-state index in [0.29, 0.717) is 0 Å². The molecule has 2 saturated heterocycles. The number of fused-ring (bicyclic) bond motifs is 1. The number of hydrogen-bond acceptors (Lipinski definition) is 4. The maximum absolute atomic E-state index is 13.5. The monoisotopic (exact) mass is 234 g/mol. The van der Waals surface area contributed by atoms with E-state index in [9.17, 15) is 14.0 Å². The van der Waals surface area contributed by atoms with Crippen molar-refractivity contribution in [3.05, 3.63) is 0 Å². The van der Waals surface area contributed by atoms with Crippen molar-refractivity contribution in [2.24, 2.45) is 5.73 Å². The van der Waals surface area contributed by atoms with Crippen LogP contribution in [0.15, 0.2) is 0 Å². The highest BCUT2D eigenvalue weighted by atomic mass is 32.2.